The Bertz CT molecular complexity index is 568. The Morgan fingerprint density at radius 2 is 2.22 bits per heavy atom. The first-order valence-corrected chi connectivity index (χ1v) is 7.23. The lowest BCUT2D eigenvalue weighted by molar-refractivity contribution is 0.0690. The summed E-state index contributed by atoms with van der Waals surface area (Å²) in [6, 6.07) is 2.03. The number of hydrogen-bond acceptors (Lipinski definition) is 5. The quantitative estimate of drug-likeness (QED) is 0.688. The van der Waals surface area contributed by atoms with Crippen molar-refractivity contribution in [2.75, 3.05) is 0 Å². The second-order valence-electron chi connectivity index (χ2n) is 3.76. The van der Waals surface area contributed by atoms with Crippen molar-refractivity contribution in [1.29, 1.82) is 0 Å². The largest absolute Gasteiger partial charge is 0.478 e. The molecular formula is C12H12N2O2S2. The van der Waals surface area contributed by atoms with Gasteiger partial charge in [0.05, 0.1) is 5.69 Å². The lowest BCUT2D eigenvalue weighted by Gasteiger charge is -2.07. The molecule has 0 saturated carbocycles. The van der Waals surface area contributed by atoms with Crippen molar-refractivity contribution < 1.29 is 9.90 Å². The molecule has 1 N–H and O–H groups in total. The molecule has 0 aliphatic rings. The minimum Gasteiger partial charge on any atom is -0.478 e. The molecule has 6 heteroatoms. The molecular weight excluding hydrogens is 268 g/mol. The van der Waals surface area contributed by atoms with Gasteiger partial charge < -0.3 is 5.11 Å². The number of hydrogen-bond donors (Lipinski definition) is 1. The molecule has 4 nitrogen and oxygen atoms in total. The Labute approximate surface area is 113 Å². The van der Waals surface area contributed by atoms with Crippen LogP contribution in [-0.4, -0.2) is 21.0 Å². The van der Waals surface area contributed by atoms with E-state index in [9.17, 15) is 9.90 Å². The number of carboxylic acid groups (broad SMARTS) is 1. The molecule has 0 unspecified atom stereocenters. The molecule has 0 aliphatic heterocycles. The third kappa shape index (κ3) is 2.88. The fraction of sp³-hybridized carbons (Fsp3) is 0.250. The van der Waals surface area contributed by atoms with E-state index in [0.717, 1.165) is 5.75 Å². The second kappa shape index (κ2) is 5.49. The van der Waals surface area contributed by atoms with Gasteiger partial charge in [-0.2, -0.15) is 11.3 Å². The zero-order chi connectivity index (χ0) is 13.1. The maximum Gasteiger partial charge on any atom is 0.340 e. The van der Waals surface area contributed by atoms with E-state index in [4.69, 9.17) is 0 Å². The molecule has 2 rings (SSSR count). The van der Waals surface area contributed by atoms with Crippen LogP contribution in [0, 0.1) is 13.8 Å². The average Bonchev–Trinajstić information content (AvgIpc) is 2.77. The van der Waals surface area contributed by atoms with Gasteiger partial charge >= 0.3 is 5.97 Å². The summed E-state index contributed by atoms with van der Waals surface area (Å²) in [6.07, 6.45) is 0. The number of thioether (sulfide) groups is 1. The minimum absolute atomic E-state index is 0.209. The van der Waals surface area contributed by atoms with Gasteiger partial charge in [0.1, 0.15) is 16.4 Å². The molecule has 2 aromatic heterocycles. The predicted molar refractivity (Wildman–Crippen MR) is 72.3 cm³/mol. The van der Waals surface area contributed by atoms with Crippen LogP contribution in [-0.2, 0) is 5.75 Å². The summed E-state index contributed by atoms with van der Waals surface area (Å²) in [6.45, 7) is 3.47. The van der Waals surface area contributed by atoms with Crippen LogP contribution in [0.5, 0.6) is 0 Å². The van der Waals surface area contributed by atoms with Crippen LogP contribution in [0.2, 0.25) is 0 Å². The van der Waals surface area contributed by atoms with E-state index in [1.807, 2.05) is 16.8 Å². The SMILES string of the molecule is Cc1nc(C)c(C(=O)O)c(SCc2ccsc2)n1. The summed E-state index contributed by atoms with van der Waals surface area (Å²) in [7, 11) is 0. The summed E-state index contributed by atoms with van der Waals surface area (Å²) in [5.74, 6) is 0.352. The first-order valence-electron chi connectivity index (χ1n) is 5.30. The highest BCUT2D eigenvalue weighted by Crippen LogP contribution is 2.26. The lowest BCUT2D eigenvalue weighted by Crippen LogP contribution is -2.08. The highest BCUT2D eigenvalue weighted by Gasteiger charge is 2.17. The highest BCUT2D eigenvalue weighted by molar-refractivity contribution is 7.98. The molecule has 0 radical (unpaired) electrons. The summed E-state index contributed by atoms with van der Waals surface area (Å²) < 4.78 is 0. The van der Waals surface area contributed by atoms with Crippen LogP contribution in [0.4, 0.5) is 0 Å². The van der Waals surface area contributed by atoms with Crippen LogP contribution in [0.1, 0.15) is 27.4 Å². The highest BCUT2D eigenvalue weighted by atomic mass is 32.2. The van der Waals surface area contributed by atoms with Crippen molar-refractivity contribution in [2.45, 2.75) is 24.6 Å². The normalized spacial score (nSPS) is 10.6. The molecule has 0 aliphatic carbocycles. The molecule has 94 valence electrons. The third-order valence-electron chi connectivity index (χ3n) is 2.34. The first-order chi connectivity index (χ1) is 8.58. The molecule has 2 aromatic rings. The van der Waals surface area contributed by atoms with Gasteiger partial charge in [-0.05, 0) is 36.2 Å². The van der Waals surface area contributed by atoms with Gasteiger partial charge in [0.15, 0.2) is 0 Å². The molecule has 0 amide bonds. The van der Waals surface area contributed by atoms with E-state index < -0.39 is 5.97 Å². The summed E-state index contributed by atoms with van der Waals surface area (Å²) in [5.41, 5.74) is 1.90. The Kier molecular flexibility index (Phi) is 3.98. The fourth-order valence-corrected chi connectivity index (χ4v) is 3.39. The van der Waals surface area contributed by atoms with Gasteiger partial charge in [-0.25, -0.2) is 14.8 Å². The molecule has 18 heavy (non-hydrogen) atoms. The zero-order valence-corrected chi connectivity index (χ0v) is 11.6. The van der Waals surface area contributed by atoms with Crippen molar-refractivity contribution >= 4 is 29.1 Å². The van der Waals surface area contributed by atoms with E-state index in [0.29, 0.717) is 16.5 Å². The molecule has 0 saturated heterocycles. The Morgan fingerprint density at radius 1 is 1.44 bits per heavy atom. The number of rotatable bonds is 4. The van der Waals surface area contributed by atoms with Gasteiger partial charge in [-0.15, -0.1) is 11.8 Å². The number of nitrogens with zero attached hydrogens (tertiary/aromatic N) is 2. The van der Waals surface area contributed by atoms with Gasteiger partial charge in [-0.3, -0.25) is 0 Å². The molecule has 0 fully saturated rings. The number of thiophene rings is 1. The number of aromatic carboxylic acids is 1. The van der Waals surface area contributed by atoms with Gasteiger partial charge in [0, 0.05) is 5.75 Å². The van der Waals surface area contributed by atoms with Crippen molar-refractivity contribution in [1.82, 2.24) is 9.97 Å². The molecule has 2 heterocycles. The topological polar surface area (TPSA) is 63.1 Å². The number of aromatic nitrogens is 2. The van der Waals surface area contributed by atoms with Gasteiger partial charge in [0.25, 0.3) is 0 Å². The number of carbonyl (C=O) groups is 1. The minimum atomic E-state index is -0.972. The smallest absolute Gasteiger partial charge is 0.340 e. The molecule has 0 atom stereocenters. The Morgan fingerprint density at radius 3 is 2.83 bits per heavy atom. The van der Waals surface area contributed by atoms with Crippen molar-refractivity contribution in [3.8, 4) is 0 Å². The lowest BCUT2D eigenvalue weighted by atomic mass is 10.2. The van der Waals surface area contributed by atoms with Crippen molar-refractivity contribution in [3.05, 3.63) is 39.5 Å². The van der Waals surface area contributed by atoms with Crippen molar-refractivity contribution in [2.24, 2.45) is 0 Å². The number of aryl methyl sites for hydroxylation is 2. The summed E-state index contributed by atoms with van der Waals surface area (Å²) in [5, 5.41) is 13.8. The molecule has 0 spiro atoms. The van der Waals surface area contributed by atoms with E-state index >= 15 is 0 Å². The fourth-order valence-electron chi connectivity index (χ4n) is 1.56. The van der Waals surface area contributed by atoms with E-state index in [2.05, 4.69) is 9.97 Å². The maximum atomic E-state index is 11.2. The summed E-state index contributed by atoms with van der Waals surface area (Å²) >= 11 is 3.07. The Balaban J connectivity index is 2.28. The monoisotopic (exact) mass is 280 g/mol. The predicted octanol–water partition coefficient (Wildman–Crippen LogP) is 3.15. The third-order valence-corrected chi connectivity index (χ3v) is 4.12. The summed E-state index contributed by atoms with van der Waals surface area (Å²) in [4.78, 5) is 19.6. The van der Waals surface area contributed by atoms with E-state index in [1.165, 1.54) is 17.3 Å². The van der Waals surface area contributed by atoms with Crippen LogP contribution < -0.4 is 0 Å². The van der Waals surface area contributed by atoms with Crippen LogP contribution in [0.25, 0.3) is 0 Å². The molecule has 0 bridgehead atoms. The van der Waals surface area contributed by atoms with Crippen LogP contribution in [0.15, 0.2) is 21.9 Å². The Hall–Kier alpha value is -1.40. The molecule has 0 aromatic carbocycles. The van der Waals surface area contributed by atoms with Crippen molar-refractivity contribution in [3.63, 3.8) is 0 Å². The van der Waals surface area contributed by atoms with E-state index in [1.54, 1.807) is 25.2 Å². The van der Waals surface area contributed by atoms with Crippen LogP contribution in [0.3, 0.4) is 0 Å². The number of carboxylic acids is 1. The average molecular weight is 280 g/mol. The second-order valence-corrected chi connectivity index (χ2v) is 5.51. The maximum absolute atomic E-state index is 11.2. The van der Waals surface area contributed by atoms with Gasteiger partial charge in [0.2, 0.25) is 0 Å². The zero-order valence-electron chi connectivity index (χ0n) is 10.0. The van der Waals surface area contributed by atoms with Crippen LogP contribution >= 0.6 is 23.1 Å². The standard InChI is InChI=1S/C12H12N2O2S2/c1-7-10(12(15)16)11(14-8(2)13-7)18-6-9-3-4-17-5-9/h3-5H,6H2,1-2H3,(H,15,16). The first kappa shape index (κ1) is 13.0. The van der Waals surface area contributed by atoms with E-state index in [-0.39, 0.29) is 5.56 Å². The van der Waals surface area contributed by atoms with Gasteiger partial charge in [-0.1, -0.05) is 0 Å².